The number of thiocarbonyl (C=S) groups is 1. The first-order valence-electron chi connectivity index (χ1n) is 12.9. The molecule has 3 atom stereocenters. The molecule has 2 amide bonds. The summed E-state index contributed by atoms with van der Waals surface area (Å²) in [6.07, 6.45) is 6.94. The standard InChI is InChI=1S/C28H30Cl2N6O2S/c1-15-11-17-8-7-16-5-3-4-6-19(16)24(20(17)13-21(15)29)33-28(39)35-34-25-22(30)12-18(14-31-25)26(37)32-23-9-10-36(2)27(23)38/h3-6,12-15,23-24H,7-11H2,1-2H3,(H,31,34)(H,32,37)(H2,33,35,39). The Bertz CT molecular complexity index is 1390. The summed E-state index contributed by atoms with van der Waals surface area (Å²) in [5.74, 6) is 0.104. The average Bonchev–Trinajstić information content (AvgIpc) is 3.15. The maximum atomic E-state index is 12.6. The maximum Gasteiger partial charge on any atom is 0.253 e. The van der Waals surface area contributed by atoms with Crippen molar-refractivity contribution in [3.8, 4) is 0 Å². The number of nitrogens with one attached hydrogen (secondary N) is 4. The fourth-order valence-corrected chi connectivity index (χ4v) is 5.88. The minimum atomic E-state index is -0.536. The molecule has 11 heteroatoms. The molecule has 0 spiro atoms. The number of rotatable bonds is 5. The number of halogens is 2. The average molecular weight is 586 g/mol. The Hall–Kier alpha value is -3.14. The van der Waals surface area contributed by atoms with Crippen molar-refractivity contribution in [2.45, 2.75) is 44.7 Å². The van der Waals surface area contributed by atoms with Gasteiger partial charge in [0.1, 0.15) is 6.04 Å². The largest absolute Gasteiger partial charge is 0.350 e. The van der Waals surface area contributed by atoms with Crippen LogP contribution in [0.5, 0.6) is 0 Å². The third-order valence-electron chi connectivity index (χ3n) is 7.50. The SMILES string of the molecule is CC1CC2=C(C=C1Cl)C(NC(=S)NNc1ncc(C(=O)NC3CCN(C)C3=O)cc1Cl)c1ccccc1CC2. The van der Waals surface area contributed by atoms with E-state index in [1.54, 1.807) is 11.9 Å². The Kier molecular flexibility index (Phi) is 8.11. The zero-order chi connectivity index (χ0) is 27.7. The lowest BCUT2D eigenvalue weighted by atomic mass is 9.85. The van der Waals surface area contributed by atoms with Crippen LogP contribution in [0, 0.1) is 5.92 Å². The van der Waals surface area contributed by atoms with Gasteiger partial charge in [-0.1, -0.05) is 60.0 Å². The fraction of sp³-hybridized carbons (Fsp3) is 0.357. The number of hydrazine groups is 1. The number of aryl methyl sites for hydroxylation is 1. The number of fused-ring (bicyclic) bond motifs is 1. The van der Waals surface area contributed by atoms with E-state index in [9.17, 15) is 9.59 Å². The molecule has 0 radical (unpaired) electrons. The molecule has 8 nitrogen and oxygen atoms in total. The van der Waals surface area contributed by atoms with Gasteiger partial charge in [-0.05, 0) is 72.7 Å². The summed E-state index contributed by atoms with van der Waals surface area (Å²) in [5.41, 5.74) is 11.2. The van der Waals surface area contributed by atoms with Crippen LogP contribution in [-0.2, 0) is 11.2 Å². The van der Waals surface area contributed by atoms with Gasteiger partial charge < -0.3 is 15.5 Å². The zero-order valence-electron chi connectivity index (χ0n) is 21.7. The highest BCUT2D eigenvalue weighted by atomic mass is 35.5. The predicted octanol–water partition coefficient (Wildman–Crippen LogP) is 4.63. The van der Waals surface area contributed by atoms with E-state index in [-0.39, 0.29) is 22.5 Å². The molecule has 0 saturated carbocycles. The number of likely N-dealkylation sites (N-methyl/N-ethyl adjacent to an activating group) is 1. The molecule has 4 N–H and O–H groups in total. The minimum Gasteiger partial charge on any atom is -0.350 e. The Balaban J connectivity index is 1.26. The molecule has 2 aliphatic carbocycles. The first-order chi connectivity index (χ1) is 18.7. The van der Waals surface area contributed by atoms with Crippen molar-refractivity contribution in [2.24, 2.45) is 5.92 Å². The Morgan fingerprint density at radius 2 is 1.97 bits per heavy atom. The Morgan fingerprint density at radius 3 is 2.72 bits per heavy atom. The number of allylic oxidation sites excluding steroid dienone is 2. The van der Waals surface area contributed by atoms with Crippen LogP contribution in [-0.4, -0.2) is 46.4 Å². The van der Waals surface area contributed by atoms with Crippen molar-refractivity contribution < 1.29 is 9.59 Å². The van der Waals surface area contributed by atoms with Crippen LogP contribution >= 0.6 is 35.4 Å². The van der Waals surface area contributed by atoms with Crippen molar-refractivity contribution in [1.29, 1.82) is 0 Å². The van der Waals surface area contributed by atoms with Gasteiger partial charge in [0.25, 0.3) is 5.91 Å². The van der Waals surface area contributed by atoms with Gasteiger partial charge in [0.05, 0.1) is 16.6 Å². The number of hydrogen-bond donors (Lipinski definition) is 4. The van der Waals surface area contributed by atoms with Crippen molar-refractivity contribution in [3.63, 3.8) is 0 Å². The molecule has 1 aromatic heterocycles. The van der Waals surface area contributed by atoms with Crippen LogP contribution in [0.3, 0.4) is 0 Å². The summed E-state index contributed by atoms with van der Waals surface area (Å²) in [6, 6.07) is 9.19. The number of anilines is 1. The van der Waals surface area contributed by atoms with Gasteiger partial charge in [0.15, 0.2) is 10.9 Å². The third-order valence-corrected chi connectivity index (χ3v) is 8.49. The third kappa shape index (κ3) is 5.90. The molecule has 5 rings (SSSR count). The molecule has 2 heterocycles. The molecular formula is C28H30Cl2N6O2S. The number of nitrogens with zero attached hydrogens (tertiary/aromatic N) is 2. The number of hydrogen-bond acceptors (Lipinski definition) is 5. The van der Waals surface area contributed by atoms with E-state index in [2.05, 4.69) is 57.7 Å². The molecule has 1 aliphatic heterocycles. The highest BCUT2D eigenvalue weighted by Gasteiger charge is 2.31. The van der Waals surface area contributed by atoms with Gasteiger partial charge in [0, 0.05) is 24.8 Å². The van der Waals surface area contributed by atoms with Crippen LogP contribution in [0.15, 0.2) is 58.8 Å². The Morgan fingerprint density at radius 1 is 1.18 bits per heavy atom. The molecule has 2 aromatic rings. The monoisotopic (exact) mass is 584 g/mol. The second-order valence-corrected chi connectivity index (χ2v) is 11.4. The van der Waals surface area contributed by atoms with E-state index in [0.29, 0.717) is 29.8 Å². The normalized spacial score (nSPS) is 22.4. The molecule has 204 valence electrons. The fourth-order valence-electron chi connectivity index (χ4n) is 5.30. The summed E-state index contributed by atoms with van der Waals surface area (Å²) < 4.78 is 0. The van der Waals surface area contributed by atoms with E-state index < -0.39 is 11.9 Å². The van der Waals surface area contributed by atoms with Gasteiger partial charge >= 0.3 is 0 Å². The molecule has 1 aromatic carbocycles. The number of amides is 2. The molecule has 1 saturated heterocycles. The van der Waals surface area contributed by atoms with E-state index in [1.165, 1.54) is 29.0 Å². The molecule has 0 bridgehead atoms. The number of pyridine rings is 1. The van der Waals surface area contributed by atoms with Crippen LogP contribution in [0.25, 0.3) is 0 Å². The highest BCUT2D eigenvalue weighted by molar-refractivity contribution is 7.80. The summed E-state index contributed by atoms with van der Waals surface area (Å²) in [4.78, 5) is 30.6. The lowest BCUT2D eigenvalue weighted by Gasteiger charge is -2.28. The Labute approximate surface area is 243 Å². The molecule has 39 heavy (non-hydrogen) atoms. The van der Waals surface area contributed by atoms with Crippen molar-refractivity contribution in [2.75, 3.05) is 19.0 Å². The second-order valence-electron chi connectivity index (χ2n) is 10.2. The van der Waals surface area contributed by atoms with Gasteiger partial charge in [-0.2, -0.15) is 0 Å². The number of aromatic nitrogens is 1. The van der Waals surface area contributed by atoms with E-state index in [4.69, 9.17) is 35.4 Å². The van der Waals surface area contributed by atoms with E-state index in [1.807, 2.05) is 6.07 Å². The number of carbonyl (C=O) groups is 2. The van der Waals surface area contributed by atoms with Gasteiger partial charge in [-0.15, -0.1) is 0 Å². The molecule has 3 aliphatic rings. The second kappa shape index (κ2) is 11.5. The number of carbonyl (C=O) groups excluding carboxylic acids is 2. The summed E-state index contributed by atoms with van der Waals surface area (Å²) in [5, 5.41) is 7.62. The lowest BCUT2D eigenvalue weighted by molar-refractivity contribution is -0.128. The van der Waals surface area contributed by atoms with Gasteiger partial charge in [-0.3, -0.25) is 20.4 Å². The van der Waals surface area contributed by atoms with Crippen molar-refractivity contribution in [3.05, 3.63) is 80.5 Å². The highest BCUT2D eigenvalue weighted by Crippen LogP contribution is 2.42. The summed E-state index contributed by atoms with van der Waals surface area (Å²) >= 11 is 18.6. The quantitative estimate of drug-likeness (QED) is 0.300. The lowest BCUT2D eigenvalue weighted by Crippen LogP contribution is -2.42. The van der Waals surface area contributed by atoms with Crippen molar-refractivity contribution in [1.82, 2.24) is 25.9 Å². The first-order valence-corrected chi connectivity index (χ1v) is 14.1. The molecule has 3 unspecified atom stereocenters. The van der Waals surface area contributed by atoms with Crippen molar-refractivity contribution >= 4 is 58.2 Å². The summed E-state index contributed by atoms with van der Waals surface area (Å²) in [7, 11) is 1.71. The van der Waals surface area contributed by atoms with Crippen LogP contribution in [0.4, 0.5) is 5.82 Å². The molecular weight excluding hydrogens is 555 g/mol. The number of likely N-dealkylation sites (tertiary alicyclic amines) is 1. The van der Waals surface area contributed by atoms with Gasteiger partial charge in [0.2, 0.25) is 5.91 Å². The van der Waals surface area contributed by atoms with Crippen LogP contribution < -0.4 is 21.5 Å². The van der Waals surface area contributed by atoms with Gasteiger partial charge in [-0.25, -0.2) is 4.98 Å². The topological polar surface area (TPSA) is 98.4 Å². The first kappa shape index (κ1) is 27.4. The number of benzene rings is 1. The van der Waals surface area contributed by atoms with Crippen LogP contribution in [0.1, 0.15) is 53.7 Å². The maximum absolute atomic E-state index is 12.6. The molecule has 1 fully saturated rings. The zero-order valence-corrected chi connectivity index (χ0v) is 24.0. The van der Waals surface area contributed by atoms with Crippen LogP contribution in [0.2, 0.25) is 5.02 Å². The smallest absolute Gasteiger partial charge is 0.253 e. The van der Waals surface area contributed by atoms with E-state index >= 15 is 0 Å². The summed E-state index contributed by atoms with van der Waals surface area (Å²) in [6.45, 7) is 2.76. The predicted molar refractivity (Wildman–Crippen MR) is 157 cm³/mol. The minimum absolute atomic E-state index is 0.106. The van der Waals surface area contributed by atoms with E-state index in [0.717, 1.165) is 29.9 Å².